The number of hydrogen-bond donors (Lipinski definition) is 0. The second kappa shape index (κ2) is 4.12. The second-order valence-corrected chi connectivity index (χ2v) is 4.33. The van der Waals surface area contributed by atoms with Gasteiger partial charge in [0.05, 0.1) is 0 Å². The molecule has 86 valence electrons. The number of rotatable bonds is 2. The number of benzene rings is 1. The van der Waals surface area contributed by atoms with Crippen molar-refractivity contribution in [3.05, 3.63) is 39.4 Å². The van der Waals surface area contributed by atoms with Crippen molar-refractivity contribution in [3.8, 4) is 5.75 Å². The van der Waals surface area contributed by atoms with Gasteiger partial charge in [-0.1, -0.05) is 17.7 Å². The van der Waals surface area contributed by atoms with Gasteiger partial charge in [0.1, 0.15) is 5.75 Å². The predicted octanol–water partition coefficient (Wildman–Crippen LogP) is 2.35. The van der Waals surface area contributed by atoms with Crippen molar-refractivity contribution in [1.29, 1.82) is 0 Å². The highest BCUT2D eigenvalue weighted by atomic mass is 16.6. The van der Waals surface area contributed by atoms with Crippen molar-refractivity contribution in [2.24, 2.45) is 0 Å². The summed E-state index contributed by atoms with van der Waals surface area (Å²) in [5.74, 6) is 0.801. The fourth-order valence-corrected chi connectivity index (χ4v) is 2.01. The van der Waals surface area contributed by atoms with E-state index in [9.17, 15) is 10.1 Å². The largest absolute Gasteiger partial charge is 0.483 e. The smallest absolute Gasteiger partial charge is 0.246 e. The predicted molar refractivity (Wildman–Crippen MR) is 60.4 cm³/mol. The third-order valence-electron chi connectivity index (χ3n) is 3.06. The molecule has 2 atom stereocenters. The van der Waals surface area contributed by atoms with Crippen molar-refractivity contribution < 1.29 is 9.66 Å². The van der Waals surface area contributed by atoms with Crippen LogP contribution in [0.1, 0.15) is 24.5 Å². The van der Waals surface area contributed by atoms with Crippen molar-refractivity contribution in [1.82, 2.24) is 0 Å². The van der Waals surface area contributed by atoms with E-state index in [2.05, 4.69) is 6.07 Å². The Kier molecular flexibility index (Phi) is 2.81. The first-order valence-electron chi connectivity index (χ1n) is 5.47. The summed E-state index contributed by atoms with van der Waals surface area (Å²) in [6.07, 6.45) is 1.28. The molecule has 1 aliphatic heterocycles. The topological polar surface area (TPSA) is 52.4 Å². The molecule has 0 amide bonds. The van der Waals surface area contributed by atoms with E-state index in [-0.39, 0.29) is 11.0 Å². The van der Waals surface area contributed by atoms with E-state index in [4.69, 9.17) is 4.74 Å². The molecule has 0 saturated carbocycles. The Labute approximate surface area is 94.4 Å². The van der Waals surface area contributed by atoms with Gasteiger partial charge in [0.15, 0.2) is 6.10 Å². The molecule has 2 unspecified atom stereocenters. The van der Waals surface area contributed by atoms with E-state index < -0.39 is 6.04 Å². The number of nitro groups is 1. The van der Waals surface area contributed by atoms with Gasteiger partial charge in [0, 0.05) is 11.8 Å². The lowest BCUT2D eigenvalue weighted by atomic mass is 9.97. The highest BCUT2D eigenvalue weighted by molar-refractivity contribution is 5.38. The Morgan fingerprint density at radius 2 is 2.31 bits per heavy atom. The number of nitrogens with zero attached hydrogens (tertiary/aromatic N) is 1. The molecule has 0 spiro atoms. The molecule has 4 nitrogen and oxygen atoms in total. The summed E-state index contributed by atoms with van der Waals surface area (Å²) in [6, 6.07) is 5.32. The third kappa shape index (κ3) is 2.01. The van der Waals surface area contributed by atoms with E-state index in [0.717, 1.165) is 24.2 Å². The lowest BCUT2D eigenvalue weighted by Crippen LogP contribution is -2.38. The number of hydrogen-bond acceptors (Lipinski definition) is 3. The summed E-state index contributed by atoms with van der Waals surface area (Å²) in [6.45, 7) is 3.63. The standard InChI is InChI=1S/C12H15NO3/c1-8-3-5-12-10(7-8)4-6-11(16-12)9(2)13(14)15/h3,5,7,9,11H,4,6H2,1-2H3. The van der Waals surface area contributed by atoms with E-state index >= 15 is 0 Å². The lowest BCUT2D eigenvalue weighted by molar-refractivity contribution is -0.528. The average molecular weight is 221 g/mol. The van der Waals surface area contributed by atoms with Crippen LogP contribution >= 0.6 is 0 Å². The van der Waals surface area contributed by atoms with Gasteiger partial charge in [-0.05, 0) is 31.4 Å². The minimum atomic E-state index is -0.644. The number of ether oxygens (including phenoxy) is 1. The molecule has 0 saturated heterocycles. The molecule has 0 bridgehead atoms. The fraction of sp³-hybridized carbons (Fsp3) is 0.500. The Morgan fingerprint density at radius 3 is 3.00 bits per heavy atom. The van der Waals surface area contributed by atoms with Gasteiger partial charge in [-0.2, -0.15) is 0 Å². The summed E-state index contributed by atoms with van der Waals surface area (Å²) >= 11 is 0. The quantitative estimate of drug-likeness (QED) is 0.569. The molecule has 1 aliphatic rings. The van der Waals surface area contributed by atoms with Crippen LogP contribution in [0.4, 0.5) is 0 Å². The minimum absolute atomic E-state index is 0.274. The molecule has 4 heteroatoms. The van der Waals surface area contributed by atoms with Crippen LogP contribution in [0, 0.1) is 17.0 Å². The van der Waals surface area contributed by atoms with E-state index in [0.29, 0.717) is 0 Å². The Morgan fingerprint density at radius 1 is 1.56 bits per heavy atom. The number of fused-ring (bicyclic) bond motifs is 1. The maximum absolute atomic E-state index is 10.7. The van der Waals surface area contributed by atoms with Crippen molar-refractivity contribution in [2.75, 3.05) is 0 Å². The third-order valence-corrected chi connectivity index (χ3v) is 3.06. The monoisotopic (exact) mass is 221 g/mol. The molecule has 1 aromatic carbocycles. The van der Waals surface area contributed by atoms with E-state index in [1.165, 1.54) is 5.56 Å². The molecule has 2 rings (SSSR count). The first-order chi connectivity index (χ1) is 7.58. The minimum Gasteiger partial charge on any atom is -0.483 e. The van der Waals surface area contributed by atoms with Gasteiger partial charge in [-0.3, -0.25) is 10.1 Å². The summed E-state index contributed by atoms with van der Waals surface area (Å²) in [5.41, 5.74) is 2.36. The summed E-state index contributed by atoms with van der Waals surface area (Å²) in [7, 11) is 0. The summed E-state index contributed by atoms with van der Waals surface area (Å²) < 4.78 is 5.67. The van der Waals surface area contributed by atoms with Gasteiger partial charge < -0.3 is 4.74 Å². The van der Waals surface area contributed by atoms with E-state index in [1.807, 2.05) is 19.1 Å². The Balaban J connectivity index is 2.18. The second-order valence-electron chi connectivity index (χ2n) is 4.33. The molecular weight excluding hydrogens is 206 g/mol. The van der Waals surface area contributed by atoms with Crippen LogP contribution in [0.25, 0.3) is 0 Å². The van der Waals surface area contributed by atoms with Crippen LogP contribution in [0.5, 0.6) is 5.75 Å². The maximum atomic E-state index is 10.7. The summed E-state index contributed by atoms with van der Waals surface area (Å²) in [4.78, 5) is 10.4. The molecule has 0 aromatic heterocycles. The van der Waals surface area contributed by atoms with Crippen LogP contribution in [0.15, 0.2) is 18.2 Å². The molecule has 1 aromatic rings. The zero-order chi connectivity index (χ0) is 11.7. The average Bonchev–Trinajstić information content (AvgIpc) is 2.27. The Hall–Kier alpha value is -1.58. The van der Waals surface area contributed by atoms with Gasteiger partial charge in [-0.25, -0.2) is 0 Å². The van der Waals surface area contributed by atoms with Crippen LogP contribution in [-0.4, -0.2) is 17.1 Å². The van der Waals surface area contributed by atoms with Gasteiger partial charge in [-0.15, -0.1) is 0 Å². The molecule has 0 N–H and O–H groups in total. The summed E-state index contributed by atoms with van der Waals surface area (Å²) in [5, 5.41) is 10.7. The van der Waals surface area contributed by atoms with Crippen LogP contribution in [-0.2, 0) is 6.42 Å². The fourth-order valence-electron chi connectivity index (χ4n) is 2.01. The SMILES string of the molecule is Cc1ccc2c(c1)CCC(C(C)[N+](=O)[O-])O2. The maximum Gasteiger partial charge on any atom is 0.246 e. The first-order valence-corrected chi connectivity index (χ1v) is 5.47. The van der Waals surface area contributed by atoms with Crippen LogP contribution in [0.2, 0.25) is 0 Å². The molecular formula is C12H15NO3. The van der Waals surface area contributed by atoms with Gasteiger partial charge in [0.25, 0.3) is 0 Å². The van der Waals surface area contributed by atoms with Gasteiger partial charge >= 0.3 is 0 Å². The first kappa shape index (κ1) is 10.9. The van der Waals surface area contributed by atoms with Gasteiger partial charge in [0.2, 0.25) is 6.04 Å². The molecule has 1 heterocycles. The zero-order valence-electron chi connectivity index (χ0n) is 9.47. The number of aryl methyl sites for hydroxylation is 2. The van der Waals surface area contributed by atoms with Crippen molar-refractivity contribution in [3.63, 3.8) is 0 Å². The zero-order valence-corrected chi connectivity index (χ0v) is 9.47. The molecule has 16 heavy (non-hydrogen) atoms. The Bertz CT molecular complexity index is 417. The van der Waals surface area contributed by atoms with E-state index in [1.54, 1.807) is 6.92 Å². The normalized spacial score (nSPS) is 20.8. The molecule has 0 radical (unpaired) electrons. The molecule has 0 aliphatic carbocycles. The highest BCUT2D eigenvalue weighted by Gasteiger charge is 2.31. The van der Waals surface area contributed by atoms with Crippen LogP contribution < -0.4 is 4.74 Å². The molecule has 0 fully saturated rings. The highest BCUT2D eigenvalue weighted by Crippen LogP contribution is 2.29. The van der Waals surface area contributed by atoms with Crippen molar-refractivity contribution in [2.45, 2.75) is 38.8 Å². The lowest BCUT2D eigenvalue weighted by Gasteiger charge is -2.26. The van der Waals surface area contributed by atoms with Crippen LogP contribution in [0.3, 0.4) is 0 Å². The van der Waals surface area contributed by atoms with Crippen molar-refractivity contribution >= 4 is 0 Å².